The van der Waals surface area contributed by atoms with Crippen LogP contribution in [-0.2, 0) is 11.2 Å². The molecular formula is C10H14N4O. The Labute approximate surface area is 88.7 Å². The van der Waals surface area contributed by atoms with Crippen LogP contribution in [0.2, 0.25) is 0 Å². The first-order chi connectivity index (χ1) is 7.33. The van der Waals surface area contributed by atoms with Crippen molar-refractivity contribution in [3.8, 4) is 12.3 Å². The van der Waals surface area contributed by atoms with E-state index in [-0.39, 0.29) is 5.91 Å². The lowest BCUT2D eigenvalue weighted by Gasteiger charge is -2.02. The summed E-state index contributed by atoms with van der Waals surface area (Å²) in [5.41, 5.74) is 0. The van der Waals surface area contributed by atoms with E-state index >= 15 is 0 Å². The number of rotatable bonds is 6. The van der Waals surface area contributed by atoms with Gasteiger partial charge in [0.25, 0.3) is 0 Å². The van der Waals surface area contributed by atoms with Crippen LogP contribution in [0.1, 0.15) is 25.1 Å². The number of carbonyl (C=O) groups excluding carboxylic acids is 1. The molecule has 5 nitrogen and oxygen atoms in total. The first-order valence-corrected chi connectivity index (χ1v) is 4.87. The van der Waals surface area contributed by atoms with Gasteiger partial charge >= 0.3 is 0 Å². The van der Waals surface area contributed by atoms with E-state index < -0.39 is 0 Å². The van der Waals surface area contributed by atoms with Gasteiger partial charge in [-0.05, 0) is 6.42 Å². The summed E-state index contributed by atoms with van der Waals surface area (Å²) in [4.78, 5) is 15.1. The number of nitrogens with zero attached hydrogens (tertiary/aromatic N) is 2. The molecule has 80 valence electrons. The number of nitrogens with one attached hydrogen (secondary N) is 2. The highest BCUT2D eigenvalue weighted by atomic mass is 16.1. The van der Waals surface area contributed by atoms with Crippen molar-refractivity contribution in [1.82, 2.24) is 20.5 Å². The van der Waals surface area contributed by atoms with Crippen LogP contribution in [-0.4, -0.2) is 27.6 Å². The Morgan fingerprint density at radius 3 is 3.20 bits per heavy atom. The smallest absolute Gasteiger partial charge is 0.220 e. The molecule has 0 aliphatic carbocycles. The molecule has 0 aliphatic heterocycles. The number of aromatic amines is 1. The summed E-state index contributed by atoms with van der Waals surface area (Å²) in [5, 5.41) is 9.27. The highest BCUT2D eigenvalue weighted by Crippen LogP contribution is 1.92. The van der Waals surface area contributed by atoms with Crippen molar-refractivity contribution >= 4 is 5.91 Å². The Kier molecular flexibility index (Phi) is 4.95. The minimum atomic E-state index is 0.00511. The first-order valence-electron chi connectivity index (χ1n) is 4.87. The maximum Gasteiger partial charge on any atom is 0.220 e. The van der Waals surface area contributed by atoms with Crippen molar-refractivity contribution in [2.75, 3.05) is 6.54 Å². The number of amides is 1. The number of aryl methyl sites for hydroxylation is 1. The molecule has 0 aromatic carbocycles. The fourth-order valence-electron chi connectivity index (χ4n) is 1.11. The summed E-state index contributed by atoms with van der Waals surface area (Å²) in [6, 6.07) is 0. The molecule has 15 heavy (non-hydrogen) atoms. The molecule has 1 rings (SSSR count). The zero-order valence-electron chi connectivity index (χ0n) is 8.49. The fourth-order valence-corrected chi connectivity index (χ4v) is 1.11. The fraction of sp³-hybridized carbons (Fsp3) is 0.500. The number of carbonyl (C=O) groups is 1. The number of hydrogen-bond acceptors (Lipinski definition) is 3. The molecule has 0 atom stereocenters. The minimum Gasteiger partial charge on any atom is -0.356 e. The van der Waals surface area contributed by atoms with Gasteiger partial charge < -0.3 is 5.32 Å². The maximum absolute atomic E-state index is 11.1. The van der Waals surface area contributed by atoms with Crippen molar-refractivity contribution in [3.05, 3.63) is 12.2 Å². The second-order valence-electron chi connectivity index (χ2n) is 3.09. The normalized spacial score (nSPS) is 9.53. The summed E-state index contributed by atoms with van der Waals surface area (Å²) >= 11 is 0. The van der Waals surface area contributed by atoms with E-state index in [9.17, 15) is 4.79 Å². The average Bonchev–Trinajstić information content (AvgIpc) is 2.74. The van der Waals surface area contributed by atoms with E-state index in [4.69, 9.17) is 6.42 Å². The monoisotopic (exact) mass is 206 g/mol. The van der Waals surface area contributed by atoms with E-state index in [0.717, 1.165) is 18.7 Å². The molecule has 0 fully saturated rings. The van der Waals surface area contributed by atoms with Gasteiger partial charge in [-0.25, -0.2) is 4.98 Å². The molecule has 1 amide bonds. The Hall–Kier alpha value is -1.83. The van der Waals surface area contributed by atoms with Gasteiger partial charge in [0, 0.05) is 25.8 Å². The van der Waals surface area contributed by atoms with E-state index in [2.05, 4.69) is 26.4 Å². The Balaban J connectivity index is 2.02. The quantitative estimate of drug-likeness (QED) is 0.518. The summed E-state index contributed by atoms with van der Waals surface area (Å²) in [6.07, 6.45) is 9.05. The van der Waals surface area contributed by atoms with Crippen molar-refractivity contribution in [1.29, 1.82) is 0 Å². The van der Waals surface area contributed by atoms with Crippen LogP contribution < -0.4 is 5.32 Å². The molecule has 5 heteroatoms. The topological polar surface area (TPSA) is 70.7 Å². The largest absolute Gasteiger partial charge is 0.356 e. The zero-order chi connectivity index (χ0) is 10.9. The molecule has 2 N–H and O–H groups in total. The number of aromatic nitrogens is 3. The summed E-state index contributed by atoms with van der Waals surface area (Å²) < 4.78 is 0. The highest BCUT2D eigenvalue weighted by Gasteiger charge is 1.99. The Bertz CT molecular complexity index is 326. The Morgan fingerprint density at radius 1 is 1.67 bits per heavy atom. The van der Waals surface area contributed by atoms with E-state index in [0.29, 0.717) is 19.4 Å². The van der Waals surface area contributed by atoms with E-state index in [1.807, 2.05) is 0 Å². The lowest BCUT2D eigenvalue weighted by atomic mass is 10.2. The second-order valence-corrected chi connectivity index (χ2v) is 3.09. The van der Waals surface area contributed by atoms with Crippen LogP contribution in [0.4, 0.5) is 0 Å². The molecule has 0 saturated carbocycles. The minimum absolute atomic E-state index is 0.00511. The van der Waals surface area contributed by atoms with Gasteiger partial charge in [0.1, 0.15) is 12.2 Å². The van der Waals surface area contributed by atoms with Crippen LogP contribution in [0.5, 0.6) is 0 Å². The molecular weight excluding hydrogens is 192 g/mol. The molecule has 0 radical (unpaired) electrons. The summed E-state index contributed by atoms with van der Waals surface area (Å²) in [6.45, 7) is 0.643. The average molecular weight is 206 g/mol. The van der Waals surface area contributed by atoms with Crippen LogP contribution in [0, 0.1) is 12.3 Å². The number of H-pyrrole nitrogens is 1. The van der Waals surface area contributed by atoms with Gasteiger partial charge in [-0.1, -0.05) is 0 Å². The third-order valence-electron chi connectivity index (χ3n) is 1.87. The van der Waals surface area contributed by atoms with Gasteiger partial charge in [0.05, 0.1) is 0 Å². The lowest BCUT2D eigenvalue weighted by Crippen LogP contribution is -2.24. The predicted molar refractivity (Wildman–Crippen MR) is 55.8 cm³/mol. The van der Waals surface area contributed by atoms with Gasteiger partial charge in [0.15, 0.2) is 0 Å². The van der Waals surface area contributed by atoms with Crippen LogP contribution in [0.15, 0.2) is 6.33 Å². The van der Waals surface area contributed by atoms with Crippen molar-refractivity contribution < 1.29 is 4.79 Å². The highest BCUT2D eigenvalue weighted by molar-refractivity contribution is 5.76. The molecule has 0 saturated heterocycles. The SMILES string of the molecule is C#CCCC(=O)NCCCc1ncn[nH]1. The first kappa shape index (κ1) is 11.2. The van der Waals surface area contributed by atoms with Gasteiger partial charge in [-0.15, -0.1) is 12.3 Å². The van der Waals surface area contributed by atoms with Crippen LogP contribution in [0.25, 0.3) is 0 Å². The van der Waals surface area contributed by atoms with Gasteiger partial charge in [-0.2, -0.15) is 5.10 Å². The molecule has 1 aromatic heterocycles. The van der Waals surface area contributed by atoms with Crippen molar-refractivity contribution in [3.63, 3.8) is 0 Å². The van der Waals surface area contributed by atoms with Crippen molar-refractivity contribution in [2.24, 2.45) is 0 Å². The molecule has 0 aliphatic rings. The molecule has 0 unspecified atom stereocenters. The zero-order valence-corrected chi connectivity index (χ0v) is 8.49. The Morgan fingerprint density at radius 2 is 2.53 bits per heavy atom. The van der Waals surface area contributed by atoms with Gasteiger partial charge in [-0.3, -0.25) is 9.89 Å². The third-order valence-corrected chi connectivity index (χ3v) is 1.87. The lowest BCUT2D eigenvalue weighted by molar-refractivity contribution is -0.120. The van der Waals surface area contributed by atoms with Gasteiger partial charge in [0.2, 0.25) is 5.91 Å². The maximum atomic E-state index is 11.1. The van der Waals surface area contributed by atoms with E-state index in [1.54, 1.807) is 0 Å². The molecule has 0 spiro atoms. The predicted octanol–water partition coefficient (Wildman–Crippen LogP) is 0.267. The third kappa shape index (κ3) is 4.81. The standard InChI is InChI=1S/C10H14N4O/c1-2-3-6-10(15)11-7-4-5-9-12-8-13-14-9/h1,8H,3-7H2,(H,11,15)(H,12,13,14). The molecule has 1 aromatic rings. The summed E-state index contributed by atoms with van der Waals surface area (Å²) in [5.74, 6) is 3.27. The van der Waals surface area contributed by atoms with Crippen molar-refractivity contribution in [2.45, 2.75) is 25.7 Å². The number of terminal acetylenes is 1. The van der Waals surface area contributed by atoms with Crippen LogP contribution in [0.3, 0.4) is 0 Å². The van der Waals surface area contributed by atoms with Crippen LogP contribution >= 0.6 is 0 Å². The number of hydrogen-bond donors (Lipinski definition) is 2. The summed E-state index contributed by atoms with van der Waals surface area (Å²) in [7, 11) is 0. The molecule has 0 bridgehead atoms. The second kappa shape index (κ2) is 6.60. The molecule has 1 heterocycles. The van der Waals surface area contributed by atoms with E-state index in [1.165, 1.54) is 6.33 Å².